The molecular weight excluding hydrogens is 1370 g/mol. The van der Waals surface area contributed by atoms with Gasteiger partial charge in [0.15, 0.2) is 0 Å². The first-order valence-corrected chi connectivity index (χ1v) is 44.7. The van der Waals surface area contributed by atoms with Crippen molar-refractivity contribution in [1.82, 2.24) is 0 Å². The van der Waals surface area contributed by atoms with Crippen molar-refractivity contribution < 1.29 is 0 Å². The predicted octanol–water partition coefficient (Wildman–Crippen LogP) is 35.6. The van der Waals surface area contributed by atoms with E-state index in [1.807, 2.05) is 166 Å². The van der Waals surface area contributed by atoms with Gasteiger partial charge in [0.05, 0.1) is 0 Å². The second-order valence-electron chi connectivity index (χ2n) is 26.5. The maximum absolute atomic E-state index is 2.34. The van der Waals surface area contributed by atoms with Crippen LogP contribution in [0.1, 0.15) is 300 Å². The number of rotatable bonds is 0. The molecule has 0 saturated heterocycles. The molecule has 12 aromatic carbocycles. The summed E-state index contributed by atoms with van der Waals surface area (Å²) >= 11 is 0. The second-order valence-corrected chi connectivity index (χ2v) is 26.5. The molecule has 6 aliphatic carbocycles. The van der Waals surface area contributed by atoms with Crippen molar-refractivity contribution in [3.63, 3.8) is 0 Å². The maximum Gasteiger partial charge on any atom is -0.00107 e. The zero-order valence-corrected chi connectivity index (χ0v) is 79.0. The van der Waals surface area contributed by atoms with Crippen molar-refractivity contribution in [2.75, 3.05) is 0 Å². The molecule has 612 valence electrons. The number of fused-ring (bicyclic) bond motifs is 18. The lowest BCUT2D eigenvalue weighted by molar-refractivity contribution is 1.19. The summed E-state index contributed by atoms with van der Waals surface area (Å²) < 4.78 is 0. The second kappa shape index (κ2) is 55.2. The van der Waals surface area contributed by atoms with E-state index in [0.717, 1.165) is 38.5 Å². The van der Waals surface area contributed by atoms with E-state index < -0.39 is 0 Å². The minimum atomic E-state index is 1.10. The molecule has 18 rings (SSSR count). The van der Waals surface area contributed by atoms with Crippen molar-refractivity contribution in [3.05, 3.63) is 352 Å². The molecule has 0 amide bonds. The van der Waals surface area contributed by atoms with Crippen molar-refractivity contribution in [3.8, 4) is 66.8 Å². The average molecular weight is 1530 g/mol. The highest BCUT2D eigenvalue weighted by Gasteiger charge is 2.25. The minimum absolute atomic E-state index is 1.10. The van der Waals surface area contributed by atoms with Gasteiger partial charge in [0.1, 0.15) is 0 Å². The van der Waals surface area contributed by atoms with Crippen molar-refractivity contribution in [2.45, 2.75) is 288 Å². The van der Waals surface area contributed by atoms with Gasteiger partial charge < -0.3 is 0 Å². The summed E-state index contributed by atoms with van der Waals surface area (Å²) in [6, 6.07) is 79.8. The Bertz CT molecular complexity index is 4720. The summed E-state index contributed by atoms with van der Waals surface area (Å²) in [4.78, 5) is 0. The van der Waals surface area contributed by atoms with Gasteiger partial charge >= 0.3 is 0 Å². The molecule has 0 nitrogen and oxygen atoms in total. The Balaban J connectivity index is 0.000000648. The summed E-state index contributed by atoms with van der Waals surface area (Å²) in [6.45, 7) is 74.4. The summed E-state index contributed by atoms with van der Waals surface area (Å²) in [5.74, 6) is 0. The van der Waals surface area contributed by atoms with Crippen LogP contribution in [-0.2, 0) is 38.5 Å². The van der Waals surface area contributed by atoms with E-state index in [0.29, 0.717) is 0 Å². The molecule has 0 radical (unpaired) electrons. The van der Waals surface area contributed by atoms with Crippen LogP contribution in [0.15, 0.2) is 218 Å². The molecule has 0 N–H and O–H groups in total. The van der Waals surface area contributed by atoms with Gasteiger partial charge in [-0.2, -0.15) is 0 Å². The van der Waals surface area contributed by atoms with E-state index in [4.69, 9.17) is 0 Å². The predicted molar refractivity (Wildman–Crippen MR) is 521 cm³/mol. The van der Waals surface area contributed by atoms with Gasteiger partial charge in [-0.05, 0) is 311 Å². The van der Waals surface area contributed by atoms with Crippen LogP contribution in [-0.4, -0.2) is 0 Å². The van der Waals surface area contributed by atoms with Gasteiger partial charge in [-0.1, -0.05) is 396 Å². The normalized spacial score (nSPS) is 10.4. The van der Waals surface area contributed by atoms with Gasteiger partial charge in [0.2, 0.25) is 0 Å². The first-order valence-electron chi connectivity index (χ1n) is 44.7. The Morgan fingerprint density at radius 2 is 0.482 bits per heavy atom. The molecule has 0 bridgehead atoms. The smallest absolute Gasteiger partial charge is 0.00107 e. The lowest BCUT2D eigenvalue weighted by atomic mass is 9.97. The zero-order chi connectivity index (χ0) is 86.5. The highest BCUT2D eigenvalue weighted by molar-refractivity contribution is 5.84. The number of hydrogen-bond acceptors (Lipinski definition) is 0. The van der Waals surface area contributed by atoms with Crippen molar-refractivity contribution in [2.24, 2.45) is 0 Å². The van der Waals surface area contributed by atoms with Crippen LogP contribution in [0.3, 0.4) is 0 Å². The van der Waals surface area contributed by atoms with E-state index in [-0.39, 0.29) is 0 Å². The molecule has 0 saturated carbocycles. The summed E-state index contributed by atoms with van der Waals surface area (Å²) in [5, 5.41) is 0. The number of benzene rings is 12. The topological polar surface area (TPSA) is 0 Å². The van der Waals surface area contributed by atoms with Crippen LogP contribution < -0.4 is 0 Å². The Morgan fingerprint density at radius 1 is 0.149 bits per heavy atom. The first-order chi connectivity index (χ1) is 55.6. The van der Waals surface area contributed by atoms with Gasteiger partial charge in [0, 0.05) is 0 Å². The molecular formula is C114H156. The fraction of sp³-hybridized carbons (Fsp3) is 0.368. The van der Waals surface area contributed by atoms with Crippen molar-refractivity contribution >= 4 is 0 Å². The van der Waals surface area contributed by atoms with Crippen LogP contribution in [0, 0.1) is 83.1 Å². The third kappa shape index (κ3) is 25.6. The van der Waals surface area contributed by atoms with Crippen LogP contribution in [0.25, 0.3) is 66.8 Å². The highest BCUT2D eigenvalue weighted by Crippen LogP contribution is 2.45. The van der Waals surface area contributed by atoms with E-state index in [9.17, 15) is 0 Å². The zero-order valence-electron chi connectivity index (χ0n) is 79.0. The SMILES string of the molecule is CC.CC.CC.CC.CC.CC.CC.CC.CC.CC.CC.CC.Cc1cc(C)c2c(c1)-c1ccccc1C2.Cc1cc2c(cc1C)-c1ccccc1C2.Cc1ccc(C)c2c1Cc1ccccc1-2.Cc1ccc2c(c1)-c1c(C)cccc1C2.Cc1ccc2c(c1C)Cc1ccccc1-2.Cc1cccc2c1-c1c(C)cccc1C2. The molecule has 114 heavy (non-hydrogen) atoms. The molecule has 0 heteroatoms. The lowest BCUT2D eigenvalue weighted by Gasteiger charge is -2.07. The molecule has 0 atom stereocenters. The van der Waals surface area contributed by atoms with Crippen molar-refractivity contribution in [1.29, 1.82) is 0 Å². The molecule has 0 aromatic heterocycles. The first kappa shape index (κ1) is 103. The number of aryl methyl sites for hydroxylation is 11. The largest absolute Gasteiger partial charge is 0.0683 e. The van der Waals surface area contributed by atoms with Gasteiger partial charge in [-0.15, -0.1) is 0 Å². The lowest BCUT2D eigenvalue weighted by Crippen LogP contribution is -1.89. The highest BCUT2D eigenvalue weighted by atomic mass is 14.3. The molecule has 6 aliphatic rings. The molecule has 0 spiro atoms. The van der Waals surface area contributed by atoms with E-state index >= 15 is 0 Å². The average Bonchev–Trinajstić information content (AvgIpc) is 1.62. The fourth-order valence-electron chi connectivity index (χ4n) is 15.3. The summed E-state index contributed by atoms with van der Waals surface area (Å²) in [7, 11) is 0. The molecule has 0 fully saturated rings. The Labute approximate surface area is 701 Å². The quantitative estimate of drug-likeness (QED) is 0.142. The van der Waals surface area contributed by atoms with E-state index in [1.54, 1.807) is 0 Å². The minimum Gasteiger partial charge on any atom is -0.0683 e. The Kier molecular flexibility index (Phi) is 49.7. The van der Waals surface area contributed by atoms with Crippen LogP contribution in [0.2, 0.25) is 0 Å². The number of hydrogen-bond donors (Lipinski definition) is 0. The molecule has 0 heterocycles. The van der Waals surface area contributed by atoms with E-state index in [2.05, 4.69) is 301 Å². The van der Waals surface area contributed by atoms with E-state index in [1.165, 1.54) is 200 Å². The third-order valence-corrected chi connectivity index (χ3v) is 20.3. The monoisotopic (exact) mass is 1530 g/mol. The molecule has 12 aromatic rings. The summed E-state index contributed by atoms with van der Waals surface area (Å²) in [6.07, 6.45) is 6.64. The van der Waals surface area contributed by atoms with Crippen LogP contribution >= 0.6 is 0 Å². The summed E-state index contributed by atoms with van der Waals surface area (Å²) in [5.41, 5.74) is 52.1. The van der Waals surface area contributed by atoms with Crippen LogP contribution in [0.5, 0.6) is 0 Å². The fourth-order valence-corrected chi connectivity index (χ4v) is 15.3. The Hall–Kier alpha value is -9.36. The van der Waals surface area contributed by atoms with Gasteiger partial charge in [-0.25, -0.2) is 0 Å². The maximum atomic E-state index is 2.34. The standard InChI is InChI=1S/6C15H14.12C2H6/c1-10-5-3-7-12-9-13-8-4-6-11(2)15(13)14(10)12;1-10-6-7-12-9-13-5-3-4-11(2)15(13)14(12)8-10;1-10-7-13-9-12-5-3-4-6-14(12)15(13)8-11(10)2;1-10-7-11(2)14-9-12-5-3-4-6-13(12)15(14)8-10;1-10-7-8-14-13-6-4-3-5-12(13)9-15(14)11(10)2;1-10-7-8-11(2)15-13-6-4-3-5-12(13)9-14(10)15;12*1-2/h6*3-8H,9H2,1-2H3;12*1-2H3. The van der Waals surface area contributed by atoms with Gasteiger partial charge in [0.25, 0.3) is 0 Å². The van der Waals surface area contributed by atoms with Crippen LogP contribution in [0.4, 0.5) is 0 Å². The third-order valence-electron chi connectivity index (χ3n) is 20.3. The Morgan fingerprint density at radius 3 is 0.982 bits per heavy atom. The molecule has 0 unspecified atom stereocenters. The molecule has 0 aliphatic heterocycles. The van der Waals surface area contributed by atoms with Gasteiger partial charge in [-0.3, -0.25) is 0 Å².